The molecule has 0 saturated carbocycles. The molecule has 20 heavy (non-hydrogen) atoms. The van der Waals surface area contributed by atoms with Gasteiger partial charge in [-0.1, -0.05) is 0 Å². The Labute approximate surface area is 117 Å². The summed E-state index contributed by atoms with van der Waals surface area (Å²) >= 11 is 0. The number of piperazine rings is 1. The van der Waals surface area contributed by atoms with Crippen molar-refractivity contribution in [3.05, 3.63) is 29.8 Å². The highest BCUT2D eigenvalue weighted by Crippen LogP contribution is 2.08. The standard InChI is InChI=1S/C14H16N4O2/c1-10(18-7-6-16-13(19)9-18)14(20)17-12-4-2-11(8-15)3-5-12/h2-5,10H,6-7,9H2,1H3,(H,16,19)(H,17,20)/p+1/t10-/m0/s1. The predicted octanol–water partition coefficient (Wildman–Crippen LogP) is -1.10. The van der Waals surface area contributed by atoms with Gasteiger partial charge in [0.2, 0.25) is 0 Å². The fourth-order valence-corrected chi connectivity index (χ4v) is 2.15. The summed E-state index contributed by atoms with van der Waals surface area (Å²) in [5.41, 5.74) is 1.20. The zero-order valence-electron chi connectivity index (χ0n) is 11.3. The number of anilines is 1. The van der Waals surface area contributed by atoms with Crippen molar-refractivity contribution in [1.82, 2.24) is 5.32 Å². The molecule has 1 unspecified atom stereocenters. The highest BCUT2D eigenvalue weighted by Gasteiger charge is 2.29. The lowest BCUT2D eigenvalue weighted by molar-refractivity contribution is -0.907. The van der Waals surface area contributed by atoms with Gasteiger partial charge in [0.25, 0.3) is 11.8 Å². The zero-order chi connectivity index (χ0) is 14.5. The Hall–Kier alpha value is -2.39. The quantitative estimate of drug-likeness (QED) is 0.653. The number of nitrogens with zero attached hydrogens (tertiary/aromatic N) is 1. The van der Waals surface area contributed by atoms with E-state index in [1.807, 2.05) is 13.0 Å². The van der Waals surface area contributed by atoms with Gasteiger partial charge in [0.05, 0.1) is 24.7 Å². The van der Waals surface area contributed by atoms with Gasteiger partial charge in [0, 0.05) is 5.69 Å². The van der Waals surface area contributed by atoms with Gasteiger partial charge < -0.3 is 15.5 Å². The fraction of sp³-hybridized carbons (Fsp3) is 0.357. The average Bonchev–Trinajstić information content (AvgIpc) is 2.47. The maximum Gasteiger partial charge on any atom is 0.282 e. The van der Waals surface area contributed by atoms with Gasteiger partial charge in [-0.25, -0.2) is 0 Å². The molecule has 2 rings (SSSR count). The minimum atomic E-state index is -0.295. The first kappa shape index (κ1) is 14.0. The van der Waals surface area contributed by atoms with E-state index in [-0.39, 0.29) is 17.9 Å². The van der Waals surface area contributed by atoms with Gasteiger partial charge in [0.1, 0.15) is 0 Å². The van der Waals surface area contributed by atoms with Crippen molar-refractivity contribution in [2.45, 2.75) is 13.0 Å². The van der Waals surface area contributed by atoms with E-state index < -0.39 is 0 Å². The first-order chi connectivity index (χ1) is 9.60. The molecule has 1 heterocycles. The monoisotopic (exact) mass is 273 g/mol. The Morgan fingerprint density at radius 1 is 1.45 bits per heavy atom. The van der Waals surface area contributed by atoms with E-state index in [4.69, 9.17) is 5.26 Å². The largest absolute Gasteiger partial charge is 0.346 e. The van der Waals surface area contributed by atoms with Crippen LogP contribution in [0.15, 0.2) is 24.3 Å². The number of hydrogen-bond acceptors (Lipinski definition) is 3. The lowest BCUT2D eigenvalue weighted by atomic mass is 10.2. The molecule has 3 N–H and O–H groups in total. The fourth-order valence-electron chi connectivity index (χ4n) is 2.15. The van der Waals surface area contributed by atoms with Crippen molar-refractivity contribution in [2.75, 3.05) is 25.0 Å². The van der Waals surface area contributed by atoms with Crippen molar-refractivity contribution in [3.63, 3.8) is 0 Å². The molecule has 1 fully saturated rings. The zero-order valence-corrected chi connectivity index (χ0v) is 11.3. The third-order valence-electron chi connectivity index (χ3n) is 3.44. The van der Waals surface area contributed by atoms with Gasteiger partial charge >= 0.3 is 0 Å². The molecule has 1 aromatic carbocycles. The molecule has 1 saturated heterocycles. The second-order valence-electron chi connectivity index (χ2n) is 4.84. The van der Waals surface area contributed by atoms with Crippen LogP contribution in [0.25, 0.3) is 0 Å². The van der Waals surface area contributed by atoms with Crippen LogP contribution in [0.1, 0.15) is 12.5 Å². The Kier molecular flexibility index (Phi) is 4.33. The number of nitriles is 1. The summed E-state index contributed by atoms with van der Waals surface area (Å²) in [6, 6.07) is 8.43. The van der Waals surface area contributed by atoms with Crippen molar-refractivity contribution in [1.29, 1.82) is 5.26 Å². The number of carbonyl (C=O) groups is 2. The molecule has 1 aromatic rings. The smallest absolute Gasteiger partial charge is 0.282 e. The number of quaternary nitrogens is 1. The minimum Gasteiger partial charge on any atom is -0.346 e. The van der Waals surface area contributed by atoms with Gasteiger partial charge in [-0.3, -0.25) is 9.59 Å². The van der Waals surface area contributed by atoms with Crippen molar-refractivity contribution >= 4 is 17.5 Å². The molecule has 2 atom stereocenters. The van der Waals surface area contributed by atoms with E-state index >= 15 is 0 Å². The van der Waals surface area contributed by atoms with Crippen LogP contribution in [0.2, 0.25) is 0 Å². The second kappa shape index (κ2) is 6.17. The maximum atomic E-state index is 12.1. The van der Waals surface area contributed by atoms with Crippen LogP contribution in [0.4, 0.5) is 5.69 Å². The number of carbonyl (C=O) groups excluding carboxylic acids is 2. The molecule has 1 aliphatic rings. The Bertz CT molecular complexity index is 547. The van der Waals surface area contributed by atoms with Crippen LogP contribution in [0.5, 0.6) is 0 Å². The number of nitrogens with one attached hydrogen (secondary N) is 3. The molecule has 0 aliphatic carbocycles. The number of benzene rings is 1. The third-order valence-corrected chi connectivity index (χ3v) is 3.44. The van der Waals surface area contributed by atoms with Crippen LogP contribution in [-0.4, -0.2) is 37.5 Å². The van der Waals surface area contributed by atoms with Crippen LogP contribution < -0.4 is 15.5 Å². The van der Waals surface area contributed by atoms with Gasteiger partial charge in [-0.2, -0.15) is 5.26 Å². The highest BCUT2D eigenvalue weighted by molar-refractivity contribution is 5.93. The van der Waals surface area contributed by atoms with E-state index in [0.29, 0.717) is 24.3 Å². The molecule has 0 spiro atoms. The van der Waals surface area contributed by atoms with Gasteiger partial charge in [-0.05, 0) is 31.2 Å². The Morgan fingerprint density at radius 2 is 2.15 bits per heavy atom. The number of amides is 2. The maximum absolute atomic E-state index is 12.1. The molecule has 0 aromatic heterocycles. The molecule has 104 valence electrons. The first-order valence-electron chi connectivity index (χ1n) is 6.52. The van der Waals surface area contributed by atoms with Crippen LogP contribution in [0, 0.1) is 11.3 Å². The number of hydrogen-bond donors (Lipinski definition) is 3. The molecular weight excluding hydrogens is 256 g/mol. The molecule has 0 bridgehead atoms. The molecule has 1 aliphatic heterocycles. The molecular formula is C14H17N4O2+. The highest BCUT2D eigenvalue weighted by atomic mass is 16.2. The SMILES string of the molecule is C[C@@H](C(=O)Nc1ccc(C#N)cc1)[NH+]1CCNC(=O)C1. The lowest BCUT2D eigenvalue weighted by Crippen LogP contribution is -3.19. The topological polar surface area (TPSA) is 86.4 Å². The second-order valence-corrected chi connectivity index (χ2v) is 4.84. The number of rotatable bonds is 3. The van der Waals surface area contributed by atoms with Gasteiger partial charge in [-0.15, -0.1) is 0 Å². The summed E-state index contributed by atoms with van der Waals surface area (Å²) in [4.78, 5) is 24.4. The first-order valence-corrected chi connectivity index (χ1v) is 6.52. The van der Waals surface area contributed by atoms with Crippen molar-refractivity contribution < 1.29 is 14.5 Å². The van der Waals surface area contributed by atoms with Crippen molar-refractivity contribution in [2.24, 2.45) is 0 Å². The van der Waals surface area contributed by atoms with E-state index in [1.54, 1.807) is 24.3 Å². The van der Waals surface area contributed by atoms with Crippen molar-refractivity contribution in [3.8, 4) is 6.07 Å². The predicted molar refractivity (Wildman–Crippen MR) is 73.0 cm³/mol. The summed E-state index contributed by atoms with van der Waals surface area (Å²) in [6.07, 6.45) is 0. The van der Waals surface area contributed by atoms with Crippen LogP contribution in [0.3, 0.4) is 0 Å². The minimum absolute atomic E-state index is 0.0238. The van der Waals surface area contributed by atoms with E-state index in [9.17, 15) is 9.59 Å². The Balaban J connectivity index is 1.96. The van der Waals surface area contributed by atoms with Gasteiger partial charge in [0.15, 0.2) is 12.6 Å². The summed E-state index contributed by atoms with van der Waals surface area (Å²) < 4.78 is 0. The van der Waals surface area contributed by atoms with E-state index in [0.717, 1.165) is 11.4 Å². The summed E-state index contributed by atoms with van der Waals surface area (Å²) in [5, 5.41) is 14.3. The van der Waals surface area contributed by atoms with Crippen LogP contribution in [-0.2, 0) is 9.59 Å². The average molecular weight is 273 g/mol. The summed E-state index contributed by atoms with van der Waals surface area (Å²) in [6.45, 7) is 3.48. The van der Waals surface area contributed by atoms with E-state index in [1.165, 1.54) is 0 Å². The Morgan fingerprint density at radius 3 is 2.75 bits per heavy atom. The lowest BCUT2D eigenvalue weighted by Gasteiger charge is -2.28. The summed E-state index contributed by atoms with van der Waals surface area (Å²) in [5.74, 6) is -0.149. The van der Waals surface area contributed by atoms with E-state index in [2.05, 4.69) is 10.6 Å². The normalized spacial score (nSPS) is 19.6. The van der Waals surface area contributed by atoms with Crippen LogP contribution >= 0.6 is 0 Å². The third kappa shape index (κ3) is 3.33. The molecule has 2 amide bonds. The summed E-state index contributed by atoms with van der Waals surface area (Å²) in [7, 11) is 0. The molecule has 6 nitrogen and oxygen atoms in total. The molecule has 0 radical (unpaired) electrons. The molecule has 6 heteroatoms.